The number of hydrogen-bond acceptors (Lipinski definition) is 3. The minimum absolute atomic E-state index is 0.0751. The zero-order valence-corrected chi connectivity index (χ0v) is 12.6. The molecule has 0 aromatic heterocycles. The van der Waals surface area contributed by atoms with E-state index in [2.05, 4.69) is 26.6 Å². The van der Waals surface area contributed by atoms with Gasteiger partial charge in [-0.05, 0) is 41.1 Å². The van der Waals surface area contributed by atoms with Crippen molar-refractivity contribution in [2.45, 2.75) is 13.0 Å². The van der Waals surface area contributed by atoms with Crippen molar-refractivity contribution in [3.63, 3.8) is 0 Å². The molecule has 0 bridgehead atoms. The van der Waals surface area contributed by atoms with Crippen LogP contribution in [-0.4, -0.2) is 32.2 Å². The normalized spacial score (nSPS) is 12.0. The molecule has 0 aliphatic heterocycles. The highest BCUT2D eigenvalue weighted by Crippen LogP contribution is 2.26. The highest BCUT2D eigenvalue weighted by Gasteiger charge is 2.13. The van der Waals surface area contributed by atoms with Gasteiger partial charge in [0, 0.05) is 28.8 Å². The van der Waals surface area contributed by atoms with Crippen LogP contribution >= 0.6 is 27.5 Å². The Labute approximate surface area is 120 Å². The van der Waals surface area contributed by atoms with Gasteiger partial charge >= 0.3 is 0 Å². The Hall–Kier alpha value is -0.780. The first-order valence-corrected chi connectivity index (χ1v) is 6.70. The van der Waals surface area contributed by atoms with Gasteiger partial charge in [-0.3, -0.25) is 4.79 Å². The van der Waals surface area contributed by atoms with E-state index in [1.54, 1.807) is 26.2 Å². The lowest BCUT2D eigenvalue weighted by Gasteiger charge is -2.16. The molecule has 1 atom stereocenters. The number of benzene rings is 1. The molecule has 0 radical (unpaired) electrons. The maximum Gasteiger partial charge on any atom is 0.242 e. The third-order valence-electron chi connectivity index (χ3n) is 2.30. The summed E-state index contributed by atoms with van der Waals surface area (Å²) >= 11 is 9.24. The van der Waals surface area contributed by atoms with E-state index in [-0.39, 0.29) is 11.9 Å². The van der Waals surface area contributed by atoms with Gasteiger partial charge in [0.1, 0.15) is 6.04 Å². The third kappa shape index (κ3) is 4.84. The number of ether oxygens (including phenoxy) is 1. The molecule has 0 saturated carbocycles. The molecular weight excluding hydrogens is 320 g/mol. The van der Waals surface area contributed by atoms with Crippen LogP contribution in [0.5, 0.6) is 0 Å². The Morgan fingerprint density at radius 1 is 1.56 bits per heavy atom. The van der Waals surface area contributed by atoms with Crippen LogP contribution < -0.4 is 10.6 Å². The number of carbonyl (C=O) groups excluding carboxylic acids is 1. The molecular formula is C12H16BrClN2O2. The highest BCUT2D eigenvalue weighted by atomic mass is 79.9. The van der Waals surface area contributed by atoms with Gasteiger partial charge in [-0.15, -0.1) is 0 Å². The highest BCUT2D eigenvalue weighted by molar-refractivity contribution is 9.10. The second-order valence-electron chi connectivity index (χ2n) is 3.77. The molecule has 0 spiro atoms. The van der Waals surface area contributed by atoms with E-state index in [0.29, 0.717) is 18.2 Å². The van der Waals surface area contributed by atoms with Gasteiger partial charge in [0.2, 0.25) is 5.91 Å². The van der Waals surface area contributed by atoms with Gasteiger partial charge in [-0.2, -0.15) is 0 Å². The lowest BCUT2D eigenvalue weighted by Crippen LogP contribution is -2.39. The van der Waals surface area contributed by atoms with Crippen LogP contribution in [0.25, 0.3) is 0 Å². The predicted octanol–water partition coefficient (Wildman–Crippen LogP) is 2.67. The van der Waals surface area contributed by atoms with Gasteiger partial charge in [0.25, 0.3) is 0 Å². The first kappa shape index (κ1) is 15.3. The lowest BCUT2D eigenvalue weighted by molar-refractivity contribution is -0.121. The van der Waals surface area contributed by atoms with E-state index in [1.807, 2.05) is 6.07 Å². The van der Waals surface area contributed by atoms with E-state index in [4.69, 9.17) is 16.3 Å². The van der Waals surface area contributed by atoms with Crippen molar-refractivity contribution in [1.82, 2.24) is 5.32 Å². The summed E-state index contributed by atoms with van der Waals surface area (Å²) in [6, 6.07) is 5.04. The van der Waals surface area contributed by atoms with Crippen LogP contribution in [0.2, 0.25) is 5.02 Å². The molecule has 1 amide bonds. The average Bonchev–Trinajstić information content (AvgIpc) is 2.32. The van der Waals surface area contributed by atoms with Crippen LogP contribution in [0.15, 0.2) is 22.7 Å². The third-order valence-corrected chi connectivity index (χ3v) is 3.19. The average molecular weight is 336 g/mol. The van der Waals surface area contributed by atoms with Crippen molar-refractivity contribution in [3.05, 3.63) is 27.7 Å². The van der Waals surface area contributed by atoms with Crippen LogP contribution in [0.4, 0.5) is 5.69 Å². The van der Waals surface area contributed by atoms with Gasteiger partial charge in [-0.1, -0.05) is 11.6 Å². The molecule has 0 aliphatic rings. The summed E-state index contributed by atoms with van der Waals surface area (Å²) < 4.78 is 5.69. The first-order valence-electron chi connectivity index (χ1n) is 5.53. The van der Waals surface area contributed by atoms with Gasteiger partial charge in [0.15, 0.2) is 0 Å². The number of nitrogens with one attached hydrogen (secondary N) is 2. The molecule has 1 unspecified atom stereocenters. The van der Waals surface area contributed by atoms with Crippen molar-refractivity contribution in [3.8, 4) is 0 Å². The number of anilines is 1. The minimum Gasteiger partial charge on any atom is -0.383 e. The molecule has 1 aromatic rings. The number of halogens is 2. The maximum absolute atomic E-state index is 11.7. The quantitative estimate of drug-likeness (QED) is 0.786. The van der Waals surface area contributed by atoms with E-state index < -0.39 is 0 Å². The van der Waals surface area contributed by atoms with E-state index >= 15 is 0 Å². The number of amides is 1. The molecule has 6 heteroatoms. The maximum atomic E-state index is 11.7. The summed E-state index contributed by atoms with van der Waals surface area (Å²) in [6.07, 6.45) is 0. The summed E-state index contributed by atoms with van der Waals surface area (Å²) in [5.74, 6) is -0.0751. The Morgan fingerprint density at radius 3 is 2.89 bits per heavy atom. The fourth-order valence-corrected chi connectivity index (χ4v) is 2.13. The monoisotopic (exact) mass is 334 g/mol. The van der Waals surface area contributed by atoms with Crippen LogP contribution in [0.1, 0.15) is 6.92 Å². The molecule has 0 heterocycles. The standard InChI is InChI=1S/C12H16BrClN2O2/c1-8(12(17)15-5-6-18-2)16-11-4-3-9(14)7-10(11)13/h3-4,7-8,16H,5-6H2,1-2H3,(H,15,17). The fraction of sp³-hybridized carbons (Fsp3) is 0.417. The van der Waals surface area contributed by atoms with Gasteiger partial charge in [0.05, 0.1) is 6.61 Å². The SMILES string of the molecule is COCCNC(=O)C(C)Nc1ccc(Cl)cc1Br. The Balaban J connectivity index is 2.53. The van der Waals surface area contributed by atoms with E-state index in [1.165, 1.54) is 0 Å². The molecule has 18 heavy (non-hydrogen) atoms. The topological polar surface area (TPSA) is 50.4 Å². The Kier molecular flexibility index (Phi) is 6.46. The van der Waals surface area contributed by atoms with E-state index in [9.17, 15) is 4.79 Å². The smallest absolute Gasteiger partial charge is 0.242 e. The number of hydrogen-bond donors (Lipinski definition) is 2. The van der Waals surface area contributed by atoms with Crippen molar-refractivity contribution in [2.75, 3.05) is 25.6 Å². The second-order valence-corrected chi connectivity index (χ2v) is 5.06. The molecule has 0 fully saturated rings. The molecule has 1 aromatic carbocycles. The van der Waals surface area contributed by atoms with Crippen LogP contribution in [0, 0.1) is 0 Å². The molecule has 0 aliphatic carbocycles. The molecule has 1 rings (SSSR count). The first-order chi connectivity index (χ1) is 8.54. The second kappa shape index (κ2) is 7.61. The summed E-state index contributed by atoms with van der Waals surface area (Å²) in [4.78, 5) is 11.7. The van der Waals surface area contributed by atoms with Crippen LogP contribution in [0.3, 0.4) is 0 Å². The largest absolute Gasteiger partial charge is 0.383 e. The summed E-state index contributed by atoms with van der Waals surface area (Å²) in [5, 5.41) is 6.52. The fourth-order valence-electron chi connectivity index (χ4n) is 1.33. The van der Waals surface area contributed by atoms with Crippen LogP contribution in [-0.2, 0) is 9.53 Å². The predicted molar refractivity (Wildman–Crippen MR) is 77.1 cm³/mol. The van der Waals surface area contributed by atoms with E-state index in [0.717, 1.165) is 10.2 Å². The van der Waals surface area contributed by atoms with Gasteiger partial charge < -0.3 is 15.4 Å². The zero-order chi connectivity index (χ0) is 13.5. The minimum atomic E-state index is -0.334. The van der Waals surface area contributed by atoms with Crippen molar-refractivity contribution in [2.24, 2.45) is 0 Å². The molecule has 100 valence electrons. The van der Waals surface area contributed by atoms with Gasteiger partial charge in [-0.25, -0.2) is 0 Å². The number of rotatable bonds is 6. The molecule has 0 saturated heterocycles. The van der Waals surface area contributed by atoms with Crippen molar-refractivity contribution in [1.29, 1.82) is 0 Å². The lowest BCUT2D eigenvalue weighted by atomic mass is 10.2. The molecule has 2 N–H and O–H groups in total. The Bertz CT molecular complexity index is 415. The summed E-state index contributed by atoms with van der Waals surface area (Å²) in [7, 11) is 1.60. The van der Waals surface area contributed by atoms with Crippen molar-refractivity contribution < 1.29 is 9.53 Å². The zero-order valence-electron chi connectivity index (χ0n) is 10.3. The molecule has 4 nitrogen and oxygen atoms in total. The summed E-state index contributed by atoms with van der Waals surface area (Å²) in [6.45, 7) is 2.80. The summed E-state index contributed by atoms with van der Waals surface area (Å²) in [5.41, 5.74) is 0.828. The number of methoxy groups -OCH3 is 1. The number of carbonyl (C=O) groups is 1. The Morgan fingerprint density at radius 2 is 2.28 bits per heavy atom. The van der Waals surface area contributed by atoms with Crippen molar-refractivity contribution >= 4 is 39.1 Å².